The van der Waals surface area contributed by atoms with Crippen molar-refractivity contribution in [2.24, 2.45) is 0 Å². The van der Waals surface area contributed by atoms with Gasteiger partial charge in [0.1, 0.15) is 5.03 Å². The van der Waals surface area contributed by atoms with Crippen LogP contribution in [0.2, 0.25) is 5.02 Å². The quantitative estimate of drug-likeness (QED) is 0.469. The minimum atomic E-state index is -0.127. The van der Waals surface area contributed by atoms with Crippen molar-refractivity contribution in [2.75, 3.05) is 13.3 Å². The highest BCUT2D eigenvalue weighted by Crippen LogP contribution is 2.26. The lowest BCUT2D eigenvalue weighted by atomic mass is 10.1. The molecule has 2 aromatic heterocycles. The van der Waals surface area contributed by atoms with Crippen LogP contribution in [0.3, 0.4) is 0 Å². The molecule has 0 atom stereocenters. The van der Waals surface area contributed by atoms with E-state index in [2.05, 4.69) is 9.97 Å². The maximum absolute atomic E-state index is 13.0. The van der Waals surface area contributed by atoms with Gasteiger partial charge in [-0.2, -0.15) is 0 Å². The zero-order chi connectivity index (χ0) is 18.7. The van der Waals surface area contributed by atoms with Crippen molar-refractivity contribution in [1.82, 2.24) is 14.9 Å². The van der Waals surface area contributed by atoms with Crippen LogP contribution in [0, 0.1) is 6.92 Å². The van der Waals surface area contributed by atoms with Gasteiger partial charge in [-0.3, -0.25) is 4.79 Å². The number of nitrogens with zero attached hydrogens (tertiary/aromatic N) is 3. The summed E-state index contributed by atoms with van der Waals surface area (Å²) in [7, 11) is 1.76. The lowest BCUT2D eigenvalue weighted by Gasteiger charge is -2.20. The molecule has 2 heterocycles. The number of thioether (sulfide) groups is 1. The normalized spacial score (nSPS) is 10.8. The first kappa shape index (κ1) is 18.5. The van der Waals surface area contributed by atoms with E-state index in [1.807, 2.05) is 37.4 Å². The lowest BCUT2D eigenvalue weighted by molar-refractivity contribution is 0.0779. The Bertz CT molecular complexity index is 929. The van der Waals surface area contributed by atoms with E-state index in [1.54, 1.807) is 30.3 Å². The molecular formula is C19H18ClN3O2S. The van der Waals surface area contributed by atoms with Gasteiger partial charge in [0.15, 0.2) is 11.6 Å². The fourth-order valence-electron chi connectivity index (χ4n) is 2.63. The third-order valence-electron chi connectivity index (χ3n) is 3.86. The molecule has 5 nitrogen and oxygen atoms in total. The number of aryl methyl sites for hydroxylation is 1. The third kappa shape index (κ3) is 3.92. The first-order chi connectivity index (χ1) is 12.5. The predicted molar refractivity (Wildman–Crippen MR) is 104 cm³/mol. The van der Waals surface area contributed by atoms with Crippen molar-refractivity contribution in [2.45, 2.75) is 18.5 Å². The van der Waals surface area contributed by atoms with Crippen molar-refractivity contribution in [3.8, 4) is 11.6 Å². The van der Waals surface area contributed by atoms with Gasteiger partial charge < -0.3 is 9.32 Å². The number of hydrogen-bond acceptors (Lipinski definition) is 5. The Kier molecular flexibility index (Phi) is 5.64. The summed E-state index contributed by atoms with van der Waals surface area (Å²) in [5.41, 5.74) is 2.10. The zero-order valence-electron chi connectivity index (χ0n) is 14.7. The minimum Gasteiger partial charge on any atom is -0.461 e. The molecule has 0 saturated carbocycles. The highest BCUT2D eigenvalue weighted by atomic mass is 35.5. The van der Waals surface area contributed by atoms with Crippen LogP contribution in [-0.2, 0) is 6.54 Å². The second-order valence-electron chi connectivity index (χ2n) is 5.79. The maximum atomic E-state index is 13.0. The van der Waals surface area contributed by atoms with Gasteiger partial charge >= 0.3 is 0 Å². The Labute approximate surface area is 161 Å². The summed E-state index contributed by atoms with van der Waals surface area (Å²) in [5.74, 6) is 0.929. The number of halogens is 1. The molecule has 0 saturated heterocycles. The molecule has 0 bridgehead atoms. The van der Waals surface area contributed by atoms with Crippen LogP contribution in [0.1, 0.15) is 21.6 Å². The second-order valence-corrected chi connectivity index (χ2v) is 7.02. The van der Waals surface area contributed by atoms with Gasteiger partial charge in [-0.05, 0) is 43.0 Å². The zero-order valence-corrected chi connectivity index (χ0v) is 16.3. The summed E-state index contributed by atoms with van der Waals surface area (Å²) in [6, 6.07) is 11.1. The molecule has 3 rings (SSSR count). The van der Waals surface area contributed by atoms with Crippen molar-refractivity contribution < 1.29 is 9.21 Å². The summed E-state index contributed by atoms with van der Waals surface area (Å²) >= 11 is 7.44. The SMILES string of the molecule is CSc1nc(-c2ccco2)nc(C)c1C(=O)N(C)Cc1cccc(Cl)c1. The number of hydrogen-bond donors (Lipinski definition) is 0. The average molecular weight is 388 g/mol. The molecule has 0 aliphatic rings. The van der Waals surface area contributed by atoms with E-state index in [9.17, 15) is 4.79 Å². The van der Waals surface area contributed by atoms with Crippen LogP contribution in [0.15, 0.2) is 52.1 Å². The molecule has 7 heteroatoms. The first-order valence-electron chi connectivity index (χ1n) is 7.96. The van der Waals surface area contributed by atoms with Gasteiger partial charge in [-0.15, -0.1) is 11.8 Å². The number of rotatable bonds is 5. The smallest absolute Gasteiger partial charge is 0.258 e. The maximum Gasteiger partial charge on any atom is 0.258 e. The average Bonchev–Trinajstić information content (AvgIpc) is 3.15. The molecule has 0 fully saturated rings. The highest BCUT2D eigenvalue weighted by molar-refractivity contribution is 7.98. The first-order valence-corrected chi connectivity index (χ1v) is 9.56. The van der Waals surface area contributed by atoms with Gasteiger partial charge in [0.2, 0.25) is 0 Å². The van der Waals surface area contributed by atoms with Gasteiger partial charge in [0.25, 0.3) is 5.91 Å². The van der Waals surface area contributed by atoms with Crippen LogP contribution in [0.4, 0.5) is 0 Å². The Balaban J connectivity index is 1.91. The summed E-state index contributed by atoms with van der Waals surface area (Å²) in [5, 5.41) is 1.28. The second kappa shape index (κ2) is 7.93. The van der Waals surface area contributed by atoms with Crippen LogP contribution in [0.25, 0.3) is 11.6 Å². The molecule has 0 unspecified atom stereocenters. The minimum absolute atomic E-state index is 0.127. The molecule has 134 valence electrons. The molecule has 0 spiro atoms. The molecular weight excluding hydrogens is 370 g/mol. The number of aromatic nitrogens is 2. The number of amides is 1. The van der Waals surface area contributed by atoms with Gasteiger partial charge in [0.05, 0.1) is 17.5 Å². The lowest BCUT2D eigenvalue weighted by Crippen LogP contribution is -2.28. The molecule has 0 aliphatic heterocycles. The van der Waals surface area contributed by atoms with Crippen LogP contribution < -0.4 is 0 Å². The van der Waals surface area contributed by atoms with E-state index >= 15 is 0 Å². The van der Waals surface area contributed by atoms with Crippen molar-refractivity contribution in [3.63, 3.8) is 0 Å². The molecule has 0 aliphatic carbocycles. The van der Waals surface area contributed by atoms with E-state index in [4.69, 9.17) is 16.0 Å². The van der Waals surface area contributed by atoms with E-state index < -0.39 is 0 Å². The Hall–Kier alpha value is -2.31. The largest absolute Gasteiger partial charge is 0.461 e. The molecule has 3 aromatic rings. The number of carbonyl (C=O) groups is 1. The van der Waals surface area contributed by atoms with E-state index in [0.717, 1.165) is 5.56 Å². The van der Waals surface area contributed by atoms with Crippen LogP contribution in [0.5, 0.6) is 0 Å². The summed E-state index contributed by atoms with van der Waals surface area (Å²) in [4.78, 5) is 23.6. The van der Waals surface area contributed by atoms with Crippen LogP contribution in [-0.4, -0.2) is 34.1 Å². The Morgan fingerprint density at radius 2 is 2.08 bits per heavy atom. The summed E-state index contributed by atoms with van der Waals surface area (Å²) < 4.78 is 5.37. The number of carbonyl (C=O) groups excluding carboxylic acids is 1. The van der Waals surface area contributed by atoms with Crippen LogP contribution >= 0.6 is 23.4 Å². The predicted octanol–water partition coefficient (Wildman–Crippen LogP) is 4.69. The van der Waals surface area contributed by atoms with E-state index in [0.29, 0.717) is 39.4 Å². The molecule has 26 heavy (non-hydrogen) atoms. The molecule has 1 aromatic carbocycles. The molecule has 0 radical (unpaired) electrons. The standard InChI is InChI=1S/C19H18ClN3O2S/c1-12-16(18(26-3)22-17(21-12)15-8-5-9-25-15)19(24)23(2)11-13-6-4-7-14(20)10-13/h4-10H,11H2,1-3H3. The molecule has 1 amide bonds. The fraction of sp³-hybridized carbons (Fsp3) is 0.211. The topological polar surface area (TPSA) is 59.2 Å². The molecule has 0 N–H and O–H groups in total. The van der Waals surface area contributed by atoms with Gasteiger partial charge in [0, 0.05) is 18.6 Å². The number of benzene rings is 1. The van der Waals surface area contributed by atoms with Gasteiger partial charge in [-0.25, -0.2) is 9.97 Å². The Morgan fingerprint density at radius 3 is 2.73 bits per heavy atom. The monoisotopic (exact) mass is 387 g/mol. The summed E-state index contributed by atoms with van der Waals surface area (Å²) in [6.07, 6.45) is 3.46. The fourth-order valence-corrected chi connectivity index (χ4v) is 3.46. The van der Waals surface area contributed by atoms with Gasteiger partial charge in [-0.1, -0.05) is 23.7 Å². The summed E-state index contributed by atoms with van der Waals surface area (Å²) in [6.45, 7) is 2.26. The number of furan rings is 1. The van der Waals surface area contributed by atoms with Crippen molar-refractivity contribution >= 4 is 29.3 Å². The highest BCUT2D eigenvalue weighted by Gasteiger charge is 2.22. The van der Waals surface area contributed by atoms with Crippen molar-refractivity contribution in [1.29, 1.82) is 0 Å². The van der Waals surface area contributed by atoms with E-state index in [1.165, 1.54) is 11.8 Å². The third-order valence-corrected chi connectivity index (χ3v) is 4.78. The Morgan fingerprint density at radius 1 is 1.27 bits per heavy atom. The van der Waals surface area contributed by atoms with E-state index in [-0.39, 0.29) is 5.91 Å². The van der Waals surface area contributed by atoms with Crippen molar-refractivity contribution in [3.05, 3.63) is 64.5 Å².